The maximum Gasteiger partial charge on any atom is 0.239 e. The molecule has 1 amide bonds. The zero-order valence-corrected chi connectivity index (χ0v) is 13.3. The maximum atomic E-state index is 11.5. The summed E-state index contributed by atoms with van der Waals surface area (Å²) in [6.07, 6.45) is 0.822. The molecular weight excluding hydrogens is 364 g/mol. The lowest BCUT2D eigenvalue weighted by molar-refractivity contribution is -0.119. The highest BCUT2D eigenvalue weighted by Crippen LogP contribution is 2.25. The second kappa shape index (κ2) is 8.50. The molecule has 0 aliphatic carbocycles. The smallest absolute Gasteiger partial charge is 0.239 e. The lowest BCUT2D eigenvalue weighted by Crippen LogP contribution is -2.31. The van der Waals surface area contributed by atoms with Crippen molar-refractivity contribution in [2.75, 3.05) is 32.1 Å². The summed E-state index contributed by atoms with van der Waals surface area (Å²) in [5.74, 6) is -0.0296. The first-order chi connectivity index (χ1) is 8.63. The van der Waals surface area contributed by atoms with Crippen LogP contribution in [0.5, 0.6) is 0 Å². The Bertz CT molecular complexity index is 400. The molecule has 2 N–H and O–H groups in total. The second-order valence-corrected chi connectivity index (χ2v) is 5.44. The van der Waals surface area contributed by atoms with Crippen molar-refractivity contribution in [3.05, 3.63) is 27.1 Å². The molecule has 0 aliphatic rings. The maximum absolute atomic E-state index is 11.5. The molecule has 18 heavy (non-hydrogen) atoms. The first kappa shape index (κ1) is 15.5. The van der Waals surface area contributed by atoms with Gasteiger partial charge in [-0.2, -0.15) is 0 Å². The number of benzene rings is 1. The highest BCUT2D eigenvalue weighted by atomic mass is 79.9. The summed E-state index contributed by atoms with van der Waals surface area (Å²) >= 11 is 6.81. The van der Waals surface area contributed by atoms with E-state index in [1.54, 1.807) is 7.11 Å². The molecule has 0 bridgehead atoms. The zero-order valence-electron chi connectivity index (χ0n) is 10.1. The first-order valence-electron chi connectivity index (χ1n) is 5.58. The van der Waals surface area contributed by atoms with Gasteiger partial charge < -0.3 is 15.4 Å². The van der Waals surface area contributed by atoms with Crippen molar-refractivity contribution >= 4 is 43.5 Å². The van der Waals surface area contributed by atoms with Crippen LogP contribution in [0.3, 0.4) is 0 Å². The summed E-state index contributed by atoms with van der Waals surface area (Å²) in [6.45, 7) is 1.54. The Labute approximate surface area is 124 Å². The Kier molecular flexibility index (Phi) is 7.31. The molecular formula is C12H16Br2N2O2. The number of amides is 1. The summed E-state index contributed by atoms with van der Waals surface area (Å²) in [5.41, 5.74) is 0.886. The monoisotopic (exact) mass is 378 g/mol. The molecule has 1 aromatic rings. The van der Waals surface area contributed by atoms with E-state index in [9.17, 15) is 4.79 Å². The Morgan fingerprint density at radius 3 is 2.89 bits per heavy atom. The molecule has 0 atom stereocenters. The average molecular weight is 380 g/mol. The van der Waals surface area contributed by atoms with Gasteiger partial charge in [-0.05, 0) is 40.5 Å². The minimum atomic E-state index is -0.0296. The number of carbonyl (C=O) groups is 1. The summed E-state index contributed by atoms with van der Waals surface area (Å²) < 4.78 is 6.80. The number of anilines is 1. The van der Waals surface area contributed by atoms with E-state index in [0.717, 1.165) is 21.1 Å². The fourth-order valence-electron chi connectivity index (χ4n) is 1.32. The average Bonchev–Trinajstić information content (AvgIpc) is 2.36. The van der Waals surface area contributed by atoms with E-state index in [4.69, 9.17) is 4.74 Å². The molecule has 6 heteroatoms. The van der Waals surface area contributed by atoms with Gasteiger partial charge in [0.1, 0.15) is 0 Å². The largest absolute Gasteiger partial charge is 0.385 e. The molecule has 0 saturated heterocycles. The molecule has 100 valence electrons. The van der Waals surface area contributed by atoms with Crippen molar-refractivity contribution in [2.24, 2.45) is 0 Å². The van der Waals surface area contributed by atoms with Gasteiger partial charge in [-0.1, -0.05) is 15.9 Å². The second-order valence-electron chi connectivity index (χ2n) is 3.67. The summed E-state index contributed by atoms with van der Waals surface area (Å²) in [6, 6.07) is 5.77. The van der Waals surface area contributed by atoms with Crippen LogP contribution in [0.25, 0.3) is 0 Å². The third kappa shape index (κ3) is 5.84. The van der Waals surface area contributed by atoms with Crippen molar-refractivity contribution < 1.29 is 9.53 Å². The van der Waals surface area contributed by atoms with E-state index in [2.05, 4.69) is 42.5 Å². The number of hydrogen-bond acceptors (Lipinski definition) is 3. The van der Waals surface area contributed by atoms with Crippen molar-refractivity contribution in [1.82, 2.24) is 5.32 Å². The molecule has 4 nitrogen and oxygen atoms in total. The van der Waals surface area contributed by atoms with Crippen molar-refractivity contribution in [2.45, 2.75) is 6.42 Å². The standard InChI is InChI=1S/C12H16Br2N2O2/c1-18-6-2-5-15-12(17)8-16-11-7-9(13)3-4-10(11)14/h3-4,7,16H,2,5-6,8H2,1H3,(H,15,17). The normalized spacial score (nSPS) is 10.2. The molecule has 0 spiro atoms. The van der Waals surface area contributed by atoms with Crippen molar-refractivity contribution in [3.63, 3.8) is 0 Å². The van der Waals surface area contributed by atoms with Crippen LogP contribution in [0.2, 0.25) is 0 Å². The lowest BCUT2D eigenvalue weighted by atomic mass is 10.3. The predicted octanol–water partition coefficient (Wildman–Crippen LogP) is 2.78. The van der Waals surface area contributed by atoms with Gasteiger partial charge in [-0.15, -0.1) is 0 Å². The van der Waals surface area contributed by atoms with Crippen molar-refractivity contribution in [3.8, 4) is 0 Å². The first-order valence-corrected chi connectivity index (χ1v) is 7.16. The molecule has 0 radical (unpaired) electrons. The van der Waals surface area contributed by atoms with E-state index in [-0.39, 0.29) is 12.5 Å². The molecule has 1 aromatic carbocycles. The highest BCUT2D eigenvalue weighted by molar-refractivity contribution is 9.11. The molecule has 1 rings (SSSR count). The Morgan fingerprint density at radius 2 is 2.17 bits per heavy atom. The number of halogens is 2. The number of hydrogen-bond donors (Lipinski definition) is 2. The molecule has 0 fully saturated rings. The van der Waals surface area contributed by atoms with Gasteiger partial charge in [0.25, 0.3) is 0 Å². The third-order valence-corrected chi connectivity index (χ3v) is 3.40. The van der Waals surface area contributed by atoms with E-state index in [1.165, 1.54) is 0 Å². The van der Waals surface area contributed by atoms with Crippen LogP contribution in [0.15, 0.2) is 27.1 Å². The summed E-state index contributed by atoms with van der Waals surface area (Å²) in [5, 5.41) is 5.89. The van der Waals surface area contributed by atoms with Crippen LogP contribution in [0.1, 0.15) is 6.42 Å². The number of methoxy groups -OCH3 is 1. The van der Waals surface area contributed by atoms with Gasteiger partial charge in [0.05, 0.1) is 6.54 Å². The van der Waals surface area contributed by atoms with Crippen LogP contribution < -0.4 is 10.6 Å². The predicted molar refractivity (Wildman–Crippen MR) is 79.8 cm³/mol. The molecule has 0 saturated carbocycles. The Hall–Kier alpha value is -0.590. The van der Waals surface area contributed by atoms with Gasteiger partial charge >= 0.3 is 0 Å². The number of rotatable bonds is 7. The van der Waals surface area contributed by atoms with E-state index < -0.39 is 0 Å². The molecule has 0 heterocycles. The van der Waals surface area contributed by atoms with E-state index in [0.29, 0.717) is 13.2 Å². The number of ether oxygens (including phenoxy) is 1. The fraction of sp³-hybridized carbons (Fsp3) is 0.417. The van der Waals surface area contributed by atoms with Gasteiger partial charge in [-0.25, -0.2) is 0 Å². The van der Waals surface area contributed by atoms with Gasteiger partial charge in [0.2, 0.25) is 5.91 Å². The van der Waals surface area contributed by atoms with E-state index >= 15 is 0 Å². The van der Waals surface area contributed by atoms with E-state index in [1.807, 2.05) is 18.2 Å². The van der Waals surface area contributed by atoms with Crippen LogP contribution in [0.4, 0.5) is 5.69 Å². The van der Waals surface area contributed by atoms with Gasteiger partial charge in [0.15, 0.2) is 0 Å². The fourth-order valence-corrected chi connectivity index (χ4v) is 2.06. The molecule has 0 aromatic heterocycles. The minimum Gasteiger partial charge on any atom is -0.385 e. The highest BCUT2D eigenvalue weighted by Gasteiger charge is 2.03. The third-order valence-electron chi connectivity index (χ3n) is 2.22. The number of nitrogens with one attached hydrogen (secondary N) is 2. The van der Waals surface area contributed by atoms with Crippen LogP contribution >= 0.6 is 31.9 Å². The van der Waals surface area contributed by atoms with Crippen LogP contribution in [-0.4, -0.2) is 32.7 Å². The Morgan fingerprint density at radius 1 is 1.39 bits per heavy atom. The lowest BCUT2D eigenvalue weighted by Gasteiger charge is -2.09. The Balaban J connectivity index is 2.31. The van der Waals surface area contributed by atoms with Crippen LogP contribution in [-0.2, 0) is 9.53 Å². The zero-order chi connectivity index (χ0) is 13.4. The quantitative estimate of drug-likeness (QED) is 0.716. The number of carbonyl (C=O) groups excluding carboxylic acids is 1. The minimum absolute atomic E-state index is 0.0296. The van der Waals surface area contributed by atoms with Gasteiger partial charge in [-0.3, -0.25) is 4.79 Å². The van der Waals surface area contributed by atoms with Gasteiger partial charge in [0, 0.05) is 34.9 Å². The van der Waals surface area contributed by atoms with Crippen molar-refractivity contribution in [1.29, 1.82) is 0 Å². The topological polar surface area (TPSA) is 50.4 Å². The van der Waals surface area contributed by atoms with Crippen LogP contribution in [0, 0.1) is 0 Å². The molecule has 0 unspecified atom stereocenters. The summed E-state index contributed by atoms with van der Waals surface area (Å²) in [7, 11) is 1.65. The summed E-state index contributed by atoms with van der Waals surface area (Å²) in [4.78, 5) is 11.5. The molecule has 0 aliphatic heterocycles. The SMILES string of the molecule is COCCCNC(=O)CNc1cc(Br)ccc1Br.